The molecule has 0 radical (unpaired) electrons. The first-order valence-corrected chi connectivity index (χ1v) is 12.9. The van der Waals surface area contributed by atoms with Crippen molar-refractivity contribution in [3.63, 3.8) is 0 Å². The number of benzene rings is 2. The zero-order chi connectivity index (χ0) is 24.6. The summed E-state index contributed by atoms with van der Waals surface area (Å²) in [5.74, 6) is -1.16. The number of amides is 2. The maximum atomic E-state index is 13.2. The van der Waals surface area contributed by atoms with Gasteiger partial charge in [-0.15, -0.1) is 0 Å². The molecule has 2 heterocycles. The van der Waals surface area contributed by atoms with Crippen LogP contribution in [0.5, 0.6) is 0 Å². The molecule has 1 saturated carbocycles. The van der Waals surface area contributed by atoms with Gasteiger partial charge in [-0.3, -0.25) is 29.0 Å². The number of hydrogen-bond donors (Lipinski definition) is 2. The van der Waals surface area contributed by atoms with E-state index in [-0.39, 0.29) is 29.6 Å². The topological polar surface area (TPSA) is 134 Å². The van der Waals surface area contributed by atoms with Crippen LogP contribution in [0.2, 0.25) is 0 Å². The highest BCUT2D eigenvalue weighted by Crippen LogP contribution is 2.45. The lowest BCUT2D eigenvalue weighted by Gasteiger charge is -2.44. The lowest BCUT2D eigenvalue weighted by Crippen LogP contribution is -2.61. The van der Waals surface area contributed by atoms with Crippen molar-refractivity contribution in [2.45, 2.75) is 42.5 Å². The molecule has 2 aromatic rings. The number of aliphatic imine (C=N–C) groups is 1. The Morgan fingerprint density at radius 1 is 1.06 bits per heavy atom. The van der Waals surface area contributed by atoms with Gasteiger partial charge in [-0.25, -0.2) is 8.42 Å². The van der Waals surface area contributed by atoms with Crippen molar-refractivity contribution in [1.82, 2.24) is 4.72 Å². The summed E-state index contributed by atoms with van der Waals surface area (Å²) in [4.78, 5) is 44.3. The van der Waals surface area contributed by atoms with Crippen LogP contribution in [0.25, 0.3) is 0 Å². The average Bonchev–Trinajstić information content (AvgIpc) is 3.42. The van der Waals surface area contributed by atoms with Crippen LogP contribution in [-0.2, 0) is 29.1 Å². The number of nitrogens with one attached hydrogen (secondary N) is 2. The Kier molecular flexibility index (Phi) is 5.79. The fraction of sp³-hybridized carbons (Fsp3) is 0.333. The van der Waals surface area contributed by atoms with Crippen LogP contribution in [0.15, 0.2) is 58.4 Å². The molecule has 3 aliphatic rings. The van der Waals surface area contributed by atoms with Crippen LogP contribution in [0.4, 0.5) is 11.4 Å². The number of anilines is 2. The minimum Gasteiger partial charge on any atom is -0.455 e. The summed E-state index contributed by atoms with van der Waals surface area (Å²) in [6.07, 6.45) is 2.60. The minimum absolute atomic E-state index is 0.0158. The van der Waals surface area contributed by atoms with Crippen LogP contribution in [0, 0.1) is 0 Å². The third-order valence-corrected chi connectivity index (χ3v) is 7.93. The molecule has 0 aromatic heterocycles. The predicted octanol–water partition coefficient (Wildman–Crippen LogP) is 1.96. The van der Waals surface area contributed by atoms with Gasteiger partial charge in [0.1, 0.15) is 11.4 Å². The van der Waals surface area contributed by atoms with Gasteiger partial charge in [0.25, 0.3) is 21.8 Å². The molecule has 1 fully saturated rings. The maximum Gasteiger partial charge on any atom is 0.308 e. The molecule has 0 atom stereocenters. The van der Waals surface area contributed by atoms with E-state index in [1.165, 1.54) is 11.0 Å². The Hall–Kier alpha value is -3.73. The standard InChI is InChI=1S/C24H24N4O6S/c29-20(28-18-9-3-2-8-17(18)26-23(31)24(28)12-5-6-13-24)15-34-21(30)11-14-25-22-16-7-1-4-10-19(16)35(32,33)27-22/h1-4,7-10H,5-6,11-15H2,(H,25,27)(H,26,31). The van der Waals surface area contributed by atoms with E-state index in [1.807, 2.05) is 0 Å². The van der Waals surface area contributed by atoms with Crippen molar-refractivity contribution in [1.29, 1.82) is 0 Å². The number of hydrogen-bond acceptors (Lipinski definition) is 7. The quantitative estimate of drug-likeness (QED) is 0.608. The van der Waals surface area contributed by atoms with E-state index in [2.05, 4.69) is 15.0 Å². The molecular weight excluding hydrogens is 472 g/mol. The number of fused-ring (bicyclic) bond motifs is 2. The van der Waals surface area contributed by atoms with Gasteiger partial charge >= 0.3 is 5.97 Å². The van der Waals surface area contributed by atoms with E-state index >= 15 is 0 Å². The number of amidine groups is 1. The monoisotopic (exact) mass is 496 g/mol. The summed E-state index contributed by atoms with van der Waals surface area (Å²) in [5, 5.41) is 2.91. The molecule has 35 heavy (non-hydrogen) atoms. The summed E-state index contributed by atoms with van der Waals surface area (Å²) < 4.78 is 31.9. The Labute approximate surface area is 202 Å². The largest absolute Gasteiger partial charge is 0.455 e. The SMILES string of the molecule is O=C(CCN=C1NS(=O)(=O)c2ccccc21)OCC(=O)N1c2ccccc2NC(=O)C12CCCC2. The Morgan fingerprint density at radius 3 is 2.57 bits per heavy atom. The number of carbonyl (C=O) groups excluding carboxylic acids is 3. The van der Waals surface area contributed by atoms with Gasteiger partial charge in [0.15, 0.2) is 6.61 Å². The summed E-state index contributed by atoms with van der Waals surface area (Å²) >= 11 is 0. The van der Waals surface area contributed by atoms with Crippen molar-refractivity contribution < 1.29 is 27.5 Å². The highest BCUT2D eigenvalue weighted by atomic mass is 32.2. The van der Waals surface area contributed by atoms with Crippen LogP contribution < -0.4 is 14.9 Å². The second-order valence-corrected chi connectivity index (χ2v) is 10.3. The van der Waals surface area contributed by atoms with E-state index in [9.17, 15) is 22.8 Å². The fourth-order valence-corrected chi connectivity index (χ4v) is 6.17. The fourth-order valence-electron chi connectivity index (χ4n) is 4.92. The molecular formula is C24H24N4O6S. The van der Waals surface area contributed by atoms with Gasteiger partial charge in [0.2, 0.25) is 0 Å². The number of para-hydroxylation sites is 2. The minimum atomic E-state index is -3.66. The molecule has 1 spiro atoms. The van der Waals surface area contributed by atoms with Crippen LogP contribution in [0.3, 0.4) is 0 Å². The van der Waals surface area contributed by atoms with Crippen molar-refractivity contribution in [2.75, 3.05) is 23.4 Å². The van der Waals surface area contributed by atoms with Crippen LogP contribution in [-0.4, -0.2) is 50.7 Å². The Morgan fingerprint density at radius 2 is 1.77 bits per heavy atom. The molecule has 2 aliphatic heterocycles. The van der Waals surface area contributed by atoms with Gasteiger partial charge in [-0.05, 0) is 37.1 Å². The average molecular weight is 497 g/mol. The predicted molar refractivity (Wildman–Crippen MR) is 128 cm³/mol. The molecule has 1 aliphatic carbocycles. The highest BCUT2D eigenvalue weighted by Gasteiger charge is 2.52. The molecule has 0 saturated heterocycles. The molecule has 10 nitrogen and oxygen atoms in total. The Bertz CT molecular complexity index is 1350. The van der Waals surface area contributed by atoms with E-state index < -0.39 is 34.0 Å². The summed E-state index contributed by atoms with van der Waals surface area (Å²) in [6, 6.07) is 13.5. The second-order valence-electron chi connectivity index (χ2n) is 8.68. The first-order valence-electron chi connectivity index (χ1n) is 11.4. The van der Waals surface area contributed by atoms with Crippen molar-refractivity contribution in [3.05, 3.63) is 54.1 Å². The van der Waals surface area contributed by atoms with Crippen LogP contribution >= 0.6 is 0 Å². The summed E-state index contributed by atoms with van der Waals surface area (Å²) in [7, 11) is -3.66. The summed E-state index contributed by atoms with van der Waals surface area (Å²) in [5.41, 5.74) is 0.606. The molecule has 182 valence electrons. The summed E-state index contributed by atoms with van der Waals surface area (Å²) in [6.45, 7) is -0.521. The molecule has 2 aromatic carbocycles. The van der Waals surface area contributed by atoms with Gasteiger partial charge in [0.05, 0.1) is 29.2 Å². The molecule has 0 unspecified atom stereocenters. The van der Waals surface area contributed by atoms with Gasteiger partial charge in [-0.2, -0.15) is 0 Å². The van der Waals surface area contributed by atoms with Gasteiger partial charge < -0.3 is 10.1 Å². The lowest BCUT2D eigenvalue weighted by molar-refractivity contribution is -0.148. The third-order valence-electron chi connectivity index (χ3n) is 6.53. The van der Waals surface area contributed by atoms with E-state index in [1.54, 1.807) is 42.5 Å². The Balaban J connectivity index is 1.24. The number of ether oxygens (including phenoxy) is 1. The number of sulfonamides is 1. The molecule has 11 heteroatoms. The van der Waals surface area contributed by atoms with E-state index in [0.717, 1.165) is 12.8 Å². The van der Waals surface area contributed by atoms with Gasteiger partial charge in [-0.1, -0.05) is 37.1 Å². The first kappa shape index (κ1) is 23.0. The number of carbonyl (C=O) groups is 3. The molecule has 2 amide bonds. The normalized spacial score (nSPS) is 20.2. The molecule has 2 N–H and O–H groups in total. The second kappa shape index (κ2) is 8.81. The number of rotatable bonds is 5. The smallest absolute Gasteiger partial charge is 0.308 e. The van der Waals surface area contributed by atoms with Gasteiger partial charge in [0, 0.05) is 5.56 Å². The third kappa shape index (κ3) is 4.05. The zero-order valence-corrected chi connectivity index (χ0v) is 19.6. The maximum absolute atomic E-state index is 13.2. The zero-order valence-electron chi connectivity index (χ0n) is 18.8. The van der Waals surface area contributed by atoms with Crippen LogP contribution in [0.1, 0.15) is 37.7 Å². The first-order chi connectivity index (χ1) is 16.8. The molecule has 0 bridgehead atoms. The lowest BCUT2D eigenvalue weighted by atomic mass is 9.90. The van der Waals surface area contributed by atoms with Crippen molar-refractivity contribution >= 4 is 45.0 Å². The van der Waals surface area contributed by atoms with E-state index in [4.69, 9.17) is 4.74 Å². The molecule has 5 rings (SSSR count). The number of nitrogens with zero attached hydrogens (tertiary/aromatic N) is 2. The van der Waals surface area contributed by atoms with E-state index in [0.29, 0.717) is 29.8 Å². The van der Waals surface area contributed by atoms with Crippen molar-refractivity contribution in [3.8, 4) is 0 Å². The van der Waals surface area contributed by atoms with Crippen molar-refractivity contribution in [2.24, 2.45) is 4.99 Å². The highest BCUT2D eigenvalue weighted by molar-refractivity contribution is 7.90. The number of esters is 1.